The van der Waals surface area contributed by atoms with Gasteiger partial charge in [0.2, 0.25) is 10.0 Å². The van der Waals surface area contributed by atoms with Crippen molar-refractivity contribution in [2.24, 2.45) is 0 Å². The second-order valence-corrected chi connectivity index (χ2v) is 6.66. The molecule has 18 heavy (non-hydrogen) atoms. The van der Waals surface area contributed by atoms with E-state index in [1.807, 2.05) is 6.26 Å². The Labute approximate surface area is 112 Å². The Hall–Kier alpha value is -0.590. The number of hydrogen-bond acceptors (Lipinski definition) is 3. The van der Waals surface area contributed by atoms with Crippen molar-refractivity contribution in [3.63, 3.8) is 0 Å². The third-order valence-electron chi connectivity index (χ3n) is 2.42. The summed E-state index contributed by atoms with van der Waals surface area (Å²) in [5.41, 5.74) is 0. The molecule has 0 radical (unpaired) electrons. The van der Waals surface area contributed by atoms with Crippen LogP contribution in [0, 0.1) is 5.82 Å². The Bertz CT molecular complexity index is 463. The minimum atomic E-state index is -3.57. The van der Waals surface area contributed by atoms with E-state index in [1.165, 1.54) is 18.2 Å². The largest absolute Gasteiger partial charge is 0.240 e. The predicted molar refractivity (Wildman–Crippen MR) is 73.8 cm³/mol. The highest BCUT2D eigenvalue weighted by atomic mass is 32.2. The fraction of sp³-hybridized carbons (Fsp3) is 0.500. The molecule has 3 nitrogen and oxygen atoms in total. The highest BCUT2D eigenvalue weighted by Gasteiger charge is 2.13. The number of unbranched alkanes of at least 4 members (excludes halogenated alkanes) is 2. The lowest BCUT2D eigenvalue weighted by atomic mass is 10.2. The van der Waals surface area contributed by atoms with Crippen LogP contribution in [0.4, 0.5) is 4.39 Å². The van der Waals surface area contributed by atoms with Crippen molar-refractivity contribution in [1.82, 2.24) is 4.72 Å². The van der Waals surface area contributed by atoms with Gasteiger partial charge < -0.3 is 0 Å². The molecule has 0 spiro atoms. The van der Waals surface area contributed by atoms with Gasteiger partial charge >= 0.3 is 0 Å². The monoisotopic (exact) mass is 291 g/mol. The van der Waals surface area contributed by atoms with E-state index < -0.39 is 15.8 Å². The molecule has 0 saturated heterocycles. The molecule has 0 heterocycles. The Morgan fingerprint density at radius 2 is 2.06 bits per heavy atom. The van der Waals surface area contributed by atoms with E-state index in [-0.39, 0.29) is 4.90 Å². The Morgan fingerprint density at radius 3 is 2.72 bits per heavy atom. The van der Waals surface area contributed by atoms with E-state index in [2.05, 4.69) is 4.72 Å². The van der Waals surface area contributed by atoms with E-state index in [0.29, 0.717) is 6.54 Å². The molecule has 0 saturated carbocycles. The number of hydrogen-bond donors (Lipinski definition) is 1. The van der Waals surface area contributed by atoms with Gasteiger partial charge in [-0.1, -0.05) is 12.5 Å². The zero-order chi connectivity index (χ0) is 13.4. The van der Waals surface area contributed by atoms with E-state index in [0.717, 1.165) is 31.1 Å². The minimum Gasteiger partial charge on any atom is -0.211 e. The summed E-state index contributed by atoms with van der Waals surface area (Å²) in [6.07, 6.45) is 4.93. The molecular weight excluding hydrogens is 273 g/mol. The number of nitrogens with one attached hydrogen (secondary N) is 1. The average Bonchev–Trinajstić information content (AvgIpc) is 2.33. The molecule has 1 aromatic carbocycles. The maximum atomic E-state index is 12.9. The van der Waals surface area contributed by atoms with Crippen molar-refractivity contribution in [1.29, 1.82) is 0 Å². The summed E-state index contributed by atoms with van der Waals surface area (Å²) in [5.74, 6) is 0.550. The molecule has 0 atom stereocenters. The van der Waals surface area contributed by atoms with Gasteiger partial charge in [0, 0.05) is 6.54 Å². The van der Waals surface area contributed by atoms with E-state index >= 15 is 0 Å². The molecule has 1 N–H and O–H groups in total. The molecule has 0 aliphatic heterocycles. The molecule has 1 rings (SSSR count). The number of thioether (sulfide) groups is 1. The number of sulfonamides is 1. The normalized spacial score (nSPS) is 11.7. The van der Waals surface area contributed by atoms with Crippen LogP contribution >= 0.6 is 11.8 Å². The highest BCUT2D eigenvalue weighted by Crippen LogP contribution is 2.10. The van der Waals surface area contributed by atoms with Gasteiger partial charge in [0.1, 0.15) is 5.82 Å². The van der Waals surface area contributed by atoms with Crippen molar-refractivity contribution in [3.05, 3.63) is 30.1 Å². The quantitative estimate of drug-likeness (QED) is 0.749. The van der Waals surface area contributed by atoms with Crippen LogP contribution in [0.1, 0.15) is 19.3 Å². The van der Waals surface area contributed by atoms with Crippen LogP contribution in [0.3, 0.4) is 0 Å². The molecule has 0 aliphatic rings. The predicted octanol–water partition coefficient (Wildman–Crippen LogP) is 2.64. The van der Waals surface area contributed by atoms with Crippen LogP contribution in [0.15, 0.2) is 29.2 Å². The minimum absolute atomic E-state index is 0.0217. The van der Waals surface area contributed by atoms with Crippen molar-refractivity contribution < 1.29 is 12.8 Å². The zero-order valence-electron chi connectivity index (χ0n) is 10.4. The average molecular weight is 291 g/mol. The first kappa shape index (κ1) is 15.5. The lowest BCUT2D eigenvalue weighted by Gasteiger charge is -2.06. The molecule has 0 bridgehead atoms. The van der Waals surface area contributed by atoms with Crippen molar-refractivity contribution in [2.45, 2.75) is 24.2 Å². The highest BCUT2D eigenvalue weighted by molar-refractivity contribution is 7.98. The fourth-order valence-electron chi connectivity index (χ4n) is 1.47. The van der Waals surface area contributed by atoms with E-state index in [4.69, 9.17) is 0 Å². The van der Waals surface area contributed by atoms with E-state index in [9.17, 15) is 12.8 Å². The first-order chi connectivity index (χ1) is 8.56. The lowest BCUT2D eigenvalue weighted by Crippen LogP contribution is -2.24. The van der Waals surface area contributed by atoms with Crippen LogP contribution in [-0.2, 0) is 10.0 Å². The summed E-state index contributed by atoms with van der Waals surface area (Å²) in [4.78, 5) is -0.0217. The van der Waals surface area contributed by atoms with Gasteiger partial charge in [-0.05, 0) is 43.0 Å². The van der Waals surface area contributed by atoms with Gasteiger partial charge in [-0.15, -0.1) is 0 Å². The standard InChI is InChI=1S/C12H18FNO2S2/c1-17-9-4-2-3-8-14-18(15,16)12-7-5-6-11(13)10-12/h5-7,10,14H,2-4,8-9H2,1H3. The van der Waals surface area contributed by atoms with Gasteiger partial charge in [-0.3, -0.25) is 0 Å². The molecule has 1 aromatic rings. The Balaban J connectivity index is 2.41. The topological polar surface area (TPSA) is 46.2 Å². The van der Waals surface area contributed by atoms with Crippen molar-refractivity contribution in [3.8, 4) is 0 Å². The summed E-state index contributed by atoms with van der Waals surface area (Å²) in [6.45, 7) is 0.396. The summed E-state index contributed by atoms with van der Waals surface area (Å²) in [6, 6.07) is 5.03. The van der Waals surface area contributed by atoms with Gasteiger partial charge in [-0.25, -0.2) is 17.5 Å². The molecule has 0 unspecified atom stereocenters. The van der Waals surface area contributed by atoms with Crippen molar-refractivity contribution >= 4 is 21.8 Å². The fourth-order valence-corrected chi connectivity index (χ4v) is 3.07. The molecular formula is C12H18FNO2S2. The third-order valence-corrected chi connectivity index (χ3v) is 4.58. The summed E-state index contributed by atoms with van der Waals surface area (Å²) >= 11 is 1.78. The number of benzene rings is 1. The van der Waals surface area contributed by atoms with Gasteiger partial charge in [0.15, 0.2) is 0 Å². The van der Waals surface area contributed by atoms with Gasteiger partial charge in [0.05, 0.1) is 4.90 Å². The SMILES string of the molecule is CSCCCCCNS(=O)(=O)c1cccc(F)c1. The molecule has 0 amide bonds. The maximum Gasteiger partial charge on any atom is 0.240 e. The van der Waals surface area contributed by atoms with Crippen LogP contribution in [0.25, 0.3) is 0 Å². The maximum absolute atomic E-state index is 12.9. The summed E-state index contributed by atoms with van der Waals surface area (Å²) in [5, 5.41) is 0. The molecule has 0 fully saturated rings. The second kappa shape index (κ2) is 7.76. The molecule has 102 valence electrons. The van der Waals surface area contributed by atoms with Crippen molar-refractivity contribution in [2.75, 3.05) is 18.6 Å². The van der Waals surface area contributed by atoms with Crippen LogP contribution in [0.5, 0.6) is 0 Å². The van der Waals surface area contributed by atoms with Crippen LogP contribution in [-0.4, -0.2) is 27.0 Å². The van der Waals surface area contributed by atoms with Crippen LogP contribution in [0.2, 0.25) is 0 Å². The summed E-state index contributed by atoms with van der Waals surface area (Å²) in [7, 11) is -3.57. The molecule has 0 aromatic heterocycles. The summed E-state index contributed by atoms with van der Waals surface area (Å²) < 4.78 is 39.0. The van der Waals surface area contributed by atoms with E-state index in [1.54, 1.807) is 11.8 Å². The third kappa shape index (κ3) is 5.37. The smallest absolute Gasteiger partial charge is 0.211 e. The Morgan fingerprint density at radius 1 is 1.28 bits per heavy atom. The number of halogens is 1. The first-order valence-corrected chi connectivity index (χ1v) is 8.68. The number of rotatable bonds is 8. The zero-order valence-corrected chi connectivity index (χ0v) is 12.0. The van der Waals surface area contributed by atoms with Gasteiger partial charge in [0.25, 0.3) is 0 Å². The van der Waals surface area contributed by atoms with Crippen LogP contribution < -0.4 is 4.72 Å². The Kier molecular flexibility index (Phi) is 6.67. The van der Waals surface area contributed by atoms with Gasteiger partial charge in [-0.2, -0.15) is 11.8 Å². The molecule has 0 aliphatic carbocycles. The first-order valence-electron chi connectivity index (χ1n) is 5.80. The second-order valence-electron chi connectivity index (χ2n) is 3.91. The molecule has 6 heteroatoms. The lowest BCUT2D eigenvalue weighted by molar-refractivity contribution is 0.573.